The summed E-state index contributed by atoms with van der Waals surface area (Å²) in [6.45, 7) is 5.58. The number of amides is 1. The minimum Gasteiger partial charge on any atom is -0.497 e. The zero-order chi connectivity index (χ0) is 23.0. The molecule has 2 aromatic carbocycles. The average molecular weight is 447 g/mol. The average Bonchev–Trinajstić information content (AvgIpc) is 2.89. The summed E-state index contributed by atoms with van der Waals surface area (Å²) in [5, 5.41) is 8.81. The molecule has 0 radical (unpaired) electrons. The number of rotatable bonds is 8. The van der Waals surface area contributed by atoms with E-state index in [1.54, 1.807) is 7.11 Å². The van der Waals surface area contributed by atoms with Crippen LogP contribution in [0.1, 0.15) is 30.1 Å². The van der Waals surface area contributed by atoms with Crippen molar-refractivity contribution in [3.05, 3.63) is 66.2 Å². The number of anilines is 1. The number of methoxy groups -OCH3 is 1. The van der Waals surface area contributed by atoms with Gasteiger partial charge in [-0.2, -0.15) is 0 Å². The van der Waals surface area contributed by atoms with Crippen molar-refractivity contribution in [2.75, 3.05) is 44.8 Å². The number of hydrogen-bond donors (Lipinski definition) is 0. The fourth-order valence-corrected chi connectivity index (χ4v) is 3.76. The van der Waals surface area contributed by atoms with Gasteiger partial charge in [0.15, 0.2) is 5.82 Å². The summed E-state index contributed by atoms with van der Waals surface area (Å²) in [5.41, 5.74) is 2.50. The Balaban J connectivity index is 1.31. The zero-order valence-electron chi connectivity index (χ0n) is 19.2. The fraction of sp³-hybridized carbons (Fsp3) is 0.346. The van der Waals surface area contributed by atoms with E-state index >= 15 is 0 Å². The van der Waals surface area contributed by atoms with E-state index in [0.29, 0.717) is 25.3 Å². The Morgan fingerprint density at radius 1 is 0.879 bits per heavy atom. The number of nitrogens with zero attached hydrogens (tertiary/aromatic N) is 4. The molecule has 0 aliphatic carbocycles. The van der Waals surface area contributed by atoms with Crippen LogP contribution < -0.4 is 14.4 Å². The molecular formula is C26H30N4O3. The Hall–Kier alpha value is -3.61. The first-order valence-electron chi connectivity index (χ1n) is 11.4. The smallest absolute Gasteiger partial charge is 0.253 e. The second kappa shape index (κ2) is 10.8. The van der Waals surface area contributed by atoms with Gasteiger partial charge in [-0.25, -0.2) is 0 Å². The molecule has 1 amide bonds. The van der Waals surface area contributed by atoms with E-state index in [-0.39, 0.29) is 5.91 Å². The molecule has 0 N–H and O–H groups in total. The van der Waals surface area contributed by atoms with Gasteiger partial charge in [-0.15, -0.1) is 10.2 Å². The maximum absolute atomic E-state index is 12.9. The summed E-state index contributed by atoms with van der Waals surface area (Å²) in [6, 6.07) is 19.2. The number of unbranched alkanes of at least 4 members (excludes halogenated alkanes) is 1. The third kappa shape index (κ3) is 5.61. The first kappa shape index (κ1) is 22.6. The largest absolute Gasteiger partial charge is 0.497 e. The fourth-order valence-electron chi connectivity index (χ4n) is 3.76. The van der Waals surface area contributed by atoms with Crippen molar-refractivity contribution in [3.8, 4) is 22.8 Å². The molecule has 7 heteroatoms. The van der Waals surface area contributed by atoms with Crippen LogP contribution in [0.25, 0.3) is 11.3 Å². The number of carbonyl (C=O) groups is 1. The van der Waals surface area contributed by atoms with Crippen LogP contribution in [0, 0.1) is 0 Å². The molecule has 0 unspecified atom stereocenters. The van der Waals surface area contributed by atoms with Crippen LogP contribution in [0.15, 0.2) is 60.7 Å². The van der Waals surface area contributed by atoms with Gasteiger partial charge in [-0.3, -0.25) is 4.79 Å². The lowest BCUT2D eigenvalue weighted by Gasteiger charge is -2.35. The number of ether oxygens (including phenoxy) is 2. The molecule has 0 spiro atoms. The second-order valence-corrected chi connectivity index (χ2v) is 8.01. The van der Waals surface area contributed by atoms with Crippen LogP contribution in [0.2, 0.25) is 0 Å². The summed E-state index contributed by atoms with van der Waals surface area (Å²) in [7, 11) is 1.65. The first-order valence-corrected chi connectivity index (χ1v) is 11.4. The molecule has 0 saturated carbocycles. The van der Waals surface area contributed by atoms with E-state index in [0.717, 1.165) is 54.5 Å². The maximum atomic E-state index is 12.9. The molecule has 4 rings (SSSR count). The molecule has 7 nitrogen and oxygen atoms in total. The predicted octanol–water partition coefficient (Wildman–Crippen LogP) is 4.29. The molecule has 3 aromatic rings. The summed E-state index contributed by atoms with van der Waals surface area (Å²) in [5.74, 6) is 2.50. The highest BCUT2D eigenvalue weighted by Crippen LogP contribution is 2.22. The molecule has 1 aliphatic rings. The van der Waals surface area contributed by atoms with Crippen molar-refractivity contribution in [2.45, 2.75) is 19.8 Å². The van der Waals surface area contributed by atoms with Crippen LogP contribution in [0.4, 0.5) is 5.82 Å². The van der Waals surface area contributed by atoms with Gasteiger partial charge in [0.25, 0.3) is 5.91 Å². The SMILES string of the molecule is CCCCOc1ccc(C(=O)N2CCN(c3ccc(-c4ccc(OC)cc4)nn3)CC2)cc1. The van der Waals surface area contributed by atoms with Gasteiger partial charge in [0.05, 0.1) is 19.4 Å². The van der Waals surface area contributed by atoms with Crippen LogP contribution in [0.3, 0.4) is 0 Å². The highest BCUT2D eigenvalue weighted by atomic mass is 16.5. The summed E-state index contributed by atoms with van der Waals surface area (Å²) < 4.78 is 10.9. The quantitative estimate of drug-likeness (QED) is 0.481. The molecule has 1 saturated heterocycles. The van der Waals surface area contributed by atoms with Crippen LogP contribution in [0.5, 0.6) is 11.5 Å². The van der Waals surface area contributed by atoms with Gasteiger partial charge in [0.2, 0.25) is 0 Å². The van der Waals surface area contributed by atoms with E-state index in [1.807, 2.05) is 65.6 Å². The Morgan fingerprint density at radius 3 is 2.18 bits per heavy atom. The van der Waals surface area contributed by atoms with Gasteiger partial charge in [-0.05, 0) is 67.1 Å². The number of carbonyl (C=O) groups excluding carboxylic acids is 1. The third-order valence-electron chi connectivity index (χ3n) is 5.80. The number of piperazine rings is 1. The lowest BCUT2D eigenvalue weighted by Crippen LogP contribution is -2.49. The highest BCUT2D eigenvalue weighted by molar-refractivity contribution is 5.94. The van der Waals surface area contributed by atoms with Gasteiger partial charge in [0, 0.05) is 37.3 Å². The van der Waals surface area contributed by atoms with E-state index < -0.39 is 0 Å². The van der Waals surface area contributed by atoms with Gasteiger partial charge in [-0.1, -0.05) is 13.3 Å². The van der Waals surface area contributed by atoms with Gasteiger partial charge < -0.3 is 19.3 Å². The number of benzene rings is 2. The number of hydrogen-bond acceptors (Lipinski definition) is 6. The summed E-state index contributed by atoms with van der Waals surface area (Å²) in [4.78, 5) is 16.9. The monoisotopic (exact) mass is 446 g/mol. The molecule has 1 aliphatic heterocycles. The van der Waals surface area contributed by atoms with E-state index in [2.05, 4.69) is 22.0 Å². The van der Waals surface area contributed by atoms with E-state index in [9.17, 15) is 4.79 Å². The summed E-state index contributed by atoms with van der Waals surface area (Å²) >= 11 is 0. The Bertz CT molecular complexity index is 1030. The third-order valence-corrected chi connectivity index (χ3v) is 5.80. The lowest BCUT2D eigenvalue weighted by molar-refractivity contribution is 0.0746. The van der Waals surface area contributed by atoms with Crippen molar-refractivity contribution in [1.82, 2.24) is 15.1 Å². The lowest BCUT2D eigenvalue weighted by atomic mass is 10.1. The maximum Gasteiger partial charge on any atom is 0.253 e. The molecule has 0 atom stereocenters. The number of aromatic nitrogens is 2. The Morgan fingerprint density at radius 2 is 1.58 bits per heavy atom. The molecule has 0 bridgehead atoms. The molecule has 1 fully saturated rings. The zero-order valence-corrected chi connectivity index (χ0v) is 19.2. The molecule has 1 aromatic heterocycles. The minimum atomic E-state index is 0.0516. The minimum absolute atomic E-state index is 0.0516. The molecular weight excluding hydrogens is 416 g/mol. The normalized spacial score (nSPS) is 13.6. The second-order valence-electron chi connectivity index (χ2n) is 8.01. The molecule has 33 heavy (non-hydrogen) atoms. The van der Waals surface area contributed by atoms with Crippen LogP contribution in [-0.2, 0) is 0 Å². The topological polar surface area (TPSA) is 67.8 Å². The Kier molecular flexibility index (Phi) is 7.40. The standard InChI is InChI=1S/C26H30N4O3/c1-3-4-19-33-23-11-7-21(8-12-23)26(31)30-17-15-29(16-18-30)25-14-13-24(27-28-25)20-5-9-22(32-2)10-6-20/h5-14H,3-4,15-19H2,1-2H3. The Labute approximate surface area is 195 Å². The summed E-state index contributed by atoms with van der Waals surface area (Å²) in [6.07, 6.45) is 2.13. The molecule has 172 valence electrons. The van der Waals surface area contributed by atoms with Crippen LogP contribution in [-0.4, -0.2) is 60.9 Å². The van der Waals surface area contributed by atoms with Crippen molar-refractivity contribution >= 4 is 11.7 Å². The van der Waals surface area contributed by atoms with E-state index in [1.165, 1.54) is 0 Å². The van der Waals surface area contributed by atoms with Crippen LogP contribution >= 0.6 is 0 Å². The van der Waals surface area contributed by atoms with Crippen molar-refractivity contribution < 1.29 is 14.3 Å². The first-order chi connectivity index (χ1) is 16.2. The van der Waals surface area contributed by atoms with Gasteiger partial charge in [0.1, 0.15) is 11.5 Å². The predicted molar refractivity (Wildman–Crippen MR) is 129 cm³/mol. The molecule has 2 heterocycles. The van der Waals surface area contributed by atoms with Crippen molar-refractivity contribution in [2.24, 2.45) is 0 Å². The highest BCUT2D eigenvalue weighted by Gasteiger charge is 2.23. The van der Waals surface area contributed by atoms with Crippen molar-refractivity contribution in [1.29, 1.82) is 0 Å². The van der Waals surface area contributed by atoms with Gasteiger partial charge >= 0.3 is 0 Å². The van der Waals surface area contributed by atoms with E-state index in [4.69, 9.17) is 9.47 Å². The van der Waals surface area contributed by atoms with Crippen molar-refractivity contribution in [3.63, 3.8) is 0 Å².